The number of amides is 1. The van der Waals surface area contributed by atoms with Crippen LogP contribution >= 0.6 is 0 Å². The van der Waals surface area contributed by atoms with Gasteiger partial charge in [-0.25, -0.2) is 18.4 Å². The van der Waals surface area contributed by atoms with Crippen molar-refractivity contribution in [2.24, 2.45) is 0 Å². The number of nitrogens with two attached hydrogens (primary N) is 1. The van der Waals surface area contributed by atoms with Gasteiger partial charge < -0.3 is 10.6 Å². The van der Waals surface area contributed by atoms with Crippen molar-refractivity contribution in [1.82, 2.24) is 15.0 Å². The Hall–Kier alpha value is -4.06. The number of alkyl halides is 3. The molecule has 0 saturated carbocycles. The molecule has 2 N–H and O–H groups in total. The van der Waals surface area contributed by atoms with Gasteiger partial charge in [0.1, 0.15) is 11.5 Å². The molecule has 35 heavy (non-hydrogen) atoms. The minimum absolute atomic E-state index is 0.0273. The van der Waals surface area contributed by atoms with Crippen LogP contribution in [0.5, 0.6) is 0 Å². The van der Waals surface area contributed by atoms with Crippen LogP contribution in [0.3, 0.4) is 0 Å². The van der Waals surface area contributed by atoms with E-state index in [1.54, 1.807) is 30.3 Å². The van der Waals surface area contributed by atoms with Gasteiger partial charge in [-0.15, -0.1) is 0 Å². The Morgan fingerprint density at radius 2 is 1.80 bits per heavy atom. The fourth-order valence-electron chi connectivity index (χ4n) is 3.44. The molecule has 3 heterocycles. The van der Waals surface area contributed by atoms with Crippen LogP contribution in [0.1, 0.15) is 21.6 Å². The number of carbonyl (C=O) groups excluding carboxylic acids is 1. The number of rotatable bonds is 5. The van der Waals surface area contributed by atoms with Gasteiger partial charge in [-0.05, 0) is 48.0 Å². The van der Waals surface area contributed by atoms with Gasteiger partial charge in [0.15, 0.2) is 14.9 Å². The molecule has 0 aliphatic rings. The number of nitrogens with zero attached hydrogens (tertiary/aromatic N) is 4. The number of hydrogen-bond acceptors (Lipinski definition) is 7. The maximum atomic E-state index is 13.5. The number of pyridine rings is 3. The molecular weight excluding hydrogens is 483 g/mol. The maximum Gasteiger partial charge on any atom is 0.433 e. The second kappa shape index (κ2) is 8.95. The first-order chi connectivity index (χ1) is 16.4. The molecule has 1 amide bonds. The van der Waals surface area contributed by atoms with Crippen LogP contribution in [0.4, 0.5) is 24.7 Å². The molecule has 3 aromatic heterocycles. The molecule has 0 aliphatic heterocycles. The van der Waals surface area contributed by atoms with Gasteiger partial charge >= 0.3 is 6.18 Å². The van der Waals surface area contributed by atoms with Crippen molar-refractivity contribution >= 4 is 38.2 Å². The highest BCUT2D eigenvalue weighted by Gasteiger charge is 2.33. The van der Waals surface area contributed by atoms with Gasteiger partial charge in [0.2, 0.25) is 0 Å². The first-order valence-corrected chi connectivity index (χ1v) is 12.0. The number of benzene rings is 1. The fourth-order valence-corrected chi connectivity index (χ4v) is 4.25. The molecular formula is C23H18F3N5O3S. The van der Waals surface area contributed by atoms with Crippen molar-refractivity contribution in [3.63, 3.8) is 0 Å². The summed E-state index contributed by atoms with van der Waals surface area (Å²) in [6.07, 6.45) is -1.65. The third-order valence-corrected chi connectivity index (χ3v) is 6.07. The Bertz CT molecular complexity index is 1520. The quantitative estimate of drug-likeness (QED) is 0.441. The number of nitrogen functional groups attached to an aromatic ring is 1. The van der Waals surface area contributed by atoms with Gasteiger partial charge in [-0.3, -0.25) is 9.78 Å². The summed E-state index contributed by atoms with van der Waals surface area (Å²) < 4.78 is 63.5. The summed E-state index contributed by atoms with van der Waals surface area (Å²) in [5, 5.41) is 0.447. The summed E-state index contributed by atoms with van der Waals surface area (Å²) in [6, 6.07) is 13.1. The fraction of sp³-hybridized carbons (Fsp3) is 0.130. The lowest BCUT2D eigenvalue weighted by atomic mass is 10.1. The number of anilines is 2. The second-order valence-corrected chi connectivity index (χ2v) is 9.62. The molecule has 1 aromatic carbocycles. The van der Waals surface area contributed by atoms with E-state index in [4.69, 9.17) is 5.73 Å². The Balaban J connectivity index is 1.81. The van der Waals surface area contributed by atoms with Gasteiger partial charge in [-0.2, -0.15) is 13.2 Å². The van der Waals surface area contributed by atoms with Gasteiger partial charge in [0.25, 0.3) is 5.91 Å². The molecule has 0 radical (unpaired) electrons. The van der Waals surface area contributed by atoms with Gasteiger partial charge in [-0.1, -0.05) is 12.1 Å². The van der Waals surface area contributed by atoms with E-state index >= 15 is 0 Å². The summed E-state index contributed by atoms with van der Waals surface area (Å²) in [5.74, 6) is -0.463. The van der Waals surface area contributed by atoms with Crippen molar-refractivity contribution in [3.8, 4) is 0 Å². The first kappa shape index (κ1) is 24.1. The van der Waals surface area contributed by atoms with E-state index in [1.807, 2.05) is 0 Å². The van der Waals surface area contributed by atoms with Gasteiger partial charge in [0.05, 0.1) is 23.3 Å². The second-order valence-electron chi connectivity index (χ2n) is 7.68. The summed E-state index contributed by atoms with van der Waals surface area (Å²) in [6.45, 7) is -0.125. The van der Waals surface area contributed by atoms with Crippen LogP contribution in [0, 0.1) is 0 Å². The Morgan fingerprint density at radius 1 is 1.06 bits per heavy atom. The molecule has 0 fully saturated rings. The normalized spacial score (nSPS) is 12.0. The van der Waals surface area contributed by atoms with E-state index in [0.717, 1.165) is 28.8 Å². The SMILES string of the molecule is CS(=O)(=O)c1ncccc1N(Cc1ccc2ccc(N)nc2c1)C(=O)c1ccc(C(F)(F)F)nc1. The van der Waals surface area contributed by atoms with Crippen LogP contribution in [0.25, 0.3) is 10.9 Å². The molecule has 0 atom stereocenters. The Labute approximate surface area is 198 Å². The molecule has 0 bridgehead atoms. The number of halogens is 3. The van der Waals surface area contributed by atoms with Crippen LogP contribution in [0.15, 0.2) is 72.0 Å². The molecule has 180 valence electrons. The van der Waals surface area contributed by atoms with Crippen molar-refractivity contribution in [3.05, 3.63) is 83.8 Å². The topological polar surface area (TPSA) is 119 Å². The van der Waals surface area contributed by atoms with Crippen molar-refractivity contribution in [2.45, 2.75) is 17.7 Å². The van der Waals surface area contributed by atoms with E-state index in [0.29, 0.717) is 23.0 Å². The molecule has 0 aliphatic carbocycles. The van der Waals surface area contributed by atoms with Crippen LogP contribution in [-0.2, 0) is 22.6 Å². The largest absolute Gasteiger partial charge is 0.433 e. The molecule has 8 nitrogen and oxygen atoms in total. The summed E-state index contributed by atoms with van der Waals surface area (Å²) >= 11 is 0. The predicted molar refractivity (Wildman–Crippen MR) is 123 cm³/mol. The molecule has 12 heteroatoms. The molecule has 0 unspecified atom stereocenters. The number of aromatic nitrogens is 3. The molecule has 0 spiro atoms. The highest BCUT2D eigenvalue weighted by molar-refractivity contribution is 7.90. The van der Waals surface area contributed by atoms with Crippen molar-refractivity contribution < 1.29 is 26.4 Å². The predicted octanol–water partition coefficient (Wildman–Crippen LogP) is 3.88. The van der Waals surface area contributed by atoms with Gasteiger partial charge in [0, 0.05) is 24.0 Å². The van der Waals surface area contributed by atoms with Crippen LogP contribution in [0.2, 0.25) is 0 Å². The third-order valence-electron chi connectivity index (χ3n) is 5.06. The van der Waals surface area contributed by atoms with E-state index in [-0.39, 0.29) is 22.8 Å². The average Bonchev–Trinajstić information content (AvgIpc) is 2.81. The zero-order valence-corrected chi connectivity index (χ0v) is 19.0. The minimum Gasteiger partial charge on any atom is -0.384 e. The first-order valence-electron chi connectivity index (χ1n) is 10.1. The number of sulfone groups is 1. The van der Waals surface area contributed by atoms with E-state index < -0.39 is 27.6 Å². The number of carbonyl (C=O) groups is 1. The molecule has 0 saturated heterocycles. The number of hydrogen-bond donors (Lipinski definition) is 1. The van der Waals surface area contributed by atoms with E-state index in [2.05, 4.69) is 15.0 Å². The van der Waals surface area contributed by atoms with E-state index in [1.165, 1.54) is 18.3 Å². The summed E-state index contributed by atoms with van der Waals surface area (Å²) in [4.78, 5) is 26.1. The molecule has 4 aromatic rings. The average molecular weight is 501 g/mol. The highest BCUT2D eigenvalue weighted by Crippen LogP contribution is 2.29. The zero-order chi connectivity index (χ0) is 25.4. The van der Waals surface area contributed by atoms with Crippen molar-refractivity contribution in [2.75, 3.05) is 16.9 Å². The highest BCUT2D eigenvalue weighted by atomic mass is 32.2. The lowest BCUT2D eigenvalue weighted by molar-refractivity contribution is -0.141. The lowest BCUT2D eigenvalue weighted by Gasteiger charge is -2.24. The zero-order valence-electron chi connectivity index (χ0n) is 18.2. The van der Waals surface area contributed by atoms with E-state index in [9.17, 15) is 26.4 Å². The Morgan fingerprint density at radius 3 is 2.46 bits per heavy atom. The van der Waals surface area contributed by atoms with Crippen molar-refractivity contribution in [1.29, 1.82) is 0 Å². The monoisotopic (exact) mass is 501 g/mol. The van der Waals surface area contributed by atoms with Crippen LogP contribution in [-0.4, -0.2) is 35.5 Å². The maximum absolute atomic E-state index is 13.5. The molecule has 4 rings (SSSR count). The Kier molecular flexibility index (Phi) is 6.15. The van der Waals surface area contributed by atoms with Crippen LogP contribution < -0.4 is 10.6 Å². The third kappa shape index (κ3) is 5.22. The summed E-state index contributed by atoms with van der Waals surface area (Å²) in [7, 11) is -3.85. The number of fused-ring (bicyclic) bond motifs is 1. The summed E-state index contributed by atoms with van der Waals surface area (Å²) in [5.41, 5.74) is 5.55. The lowest BCUT2D eigenvalue weighted by Crippen LogP contribution is -2.32. The smallest absolute Gasteiger partial charge is 0.384 e. The minimum atomic E-state index is -4.67. The standard InChI is InChI=1S/C23H18F3N5O3S/c1-35(33,34)21-18(3-2-10-28-21)31(22(32)16-6-8-19(29-12-16)23(24,25)26)13-14-4-5-15-7-9-20(27)30-17(15)11-14/h2-12H,13H2,1H3,(H2,27,30).